The van der Waals surface area contributed by atoms with Gasteiger partial charge in [0.2, 0.25) is 11.8 Å². The van der Waals surface area contributed by atoms with E-state index in [9.17, 15) is 9.59 Å². The van der Waals surface area contributed by atoms with E-state index in [1.807, 2.05) is 6.92 Å². The Kier molecular flexibility index (Phi) is 6.76. The largest absolute Gasteiger partial charge is 0.425 e. The van der Waals surface area contributed by atoms with Crippen LogP contribution in [0.5, 0.6) is 0 Å². The lowest BCUT2D eigenvalue weighted by atomic mass is 9.73. The summed E-state index contributed by atoms with van der Waals surface area (Å²) in [5, 5.41) is 0. The molecule has 0 spiro atoms. The summed E-state index contributed by atoms with van der Waals surface area (Å²) in [4.78, 5) is 31.8. The number of hydrogen-bond acceptors (Lipinski definition) is 6. The fraction of sp³-hybridized carbons (Fsp3) is 0.773. The average molecular weight is 438 g/mol. The first kappa shape index (κ1) is 23.4. The van der Waals surface area contributed by atoms with Gasteiger partial charge < -0.3 is 9.05 Å². The quantitative estimate of drug-likeness (QED) is 0.170. The second kappa shape index (κ2) is 8.68. The van der Waals surface area contributed by atoms with Crippen LogP contribution in [0.1, 0.15) is 54.9 Å². The number of imide groups is 1. The molecule has 1 aliphatic heterocycles. The minimum atomic E-state index is -1.38. The Morgan fingerprint density at radius 2 is 1.70 bits per heavy atom. The fourth-order valence-corrected chi connectivity index (χ4v) is 6.95. The normalized spacial score (nSPS) is 33.7. The first-order chi connectivity index (χ1) is 14.1. The molecular formula is C22H36N3O4P. The molecule has 2 amide bonds. The molecule has 1 heterocycles. The summed E-state index contributed by atoms with van der Waals surface area (Å²) in [5.74, 6) is -0.576. The molecular weight excluding hydrogens is 401 g/mol. The third-order valence-corrected chi connectivity index (χ3v) is 8.56. The van der Waals surface area contributed by atoms with Crippen LogP contribution in [0.15, 0.2) is 17.1 Å². The Morgan fingerprint density at radius 3 is 2.17 bits per heavy atom. The van der Waals surface area contributed by atoms with Crippen molar-refractivity contribution in [3.63, 3.8) is 0 Å². The first-order valence-electron chi connectivity index (χ1n) is 11.0. The van der Waals surface area contributed by atoms with E-state index in [0.29, 0.717) is 6.54 Å². The third-order valence-electron chi connectivity index (χ3n) is 6.58. The average Bonchev–Trinajstić information content (AvgIpc) is 3.19. The molecule has 0 N–H and O–H groups in total. The highest BCUT2D eigenvalue weighted by Crippen LogP contribution is 2.65. The second-order valence-electron chi connectivity index (χ2n) is 9.65. The van der Waals surface area contributed by atoms with Crippen molar-refractivity contribution in [1.29, 1.82) is 0 Å². The van der Waals surface area contributed by atoms with Gasteiger partial charge in [-0.3, -0.25) is 19.5 Å². The SMILES string of the molecule is CCN=COP(OCCN1C(=O)[C@@H]2[C@H](C1=O)C1(C)C=CC2(C)C1)N(C(C)C)C(C)C. The van der Waals surface area contributed by atoms with Crippen LogP contribution in [0.3, 0.4) is 0 Å². The highest BCUT2D eigenvalue weighted by Gasteiger charge is 2.68. The Balaban J connectivity index is 1.66. The summed E-state index contributed by atoms with van der Waals surface area (Å²) in [6, 6.07) is 0.448. The van der Waals surface area contributed by atoms with Gasteiger partial charge in [0.1, 0.15) is 0 Å². The molecule has 168 valence electrons. The van der Waals surface area contributed by atoms with Crippen molar-refractivity contribution in [3.8, 4) is 0 Å². The number of rotatable bonds is 10. The topological polar surface area (TPSA) is 71.4 Å². The van der Waals surface area contributed by atoms with Crippen LogP contribution in [0.2, 0.25) is 0 Å². The zero-order chi connectivity index (χ0) is 22.3. The smallest absolute Gasteiger partial charge is 0.322 e. The van der Waals surface area contributed by atoms with Gasteiger partial charge in [0, 0.05) is 18.6 Å². The number of likely N-dealkylation sites (tertiary alicyclic amines) is 1. The first-order valence-corrected chi connectivity index (χ1v) is 12.1. The van der Waals surface area contributed by atoms with Crippen LogP contribution >= 0.6 is 8.53 Å². The summed E-state index contributed by atoms with van der Waals surface area (Å²) >= 11 is 0. The van der Waals surface area contributed by atoms with E-state index in [-0.39, 0.29) is 59.7 Å². The molecule has 0 aromatic rings. The maximum Gasteiger partial charge on any atom is 0.322 e. The van der Waals surface area contributed by atoms with Gasteiger partial charge >= 0.3 is 8.53 Å². The lowest BCUT2D eigenvalue weighted by Gasteiger charge is -2.34. The Hall–Kier alpha value is -1.30. The van der Waals surface area contributed by atoms with Crippen molar-refractivity contribution < 1.29 is 18.6 Å². The van der Waals surface area contributed by atoms with Gasteiger partial charge in [-0.1, -0.05) is 26.0 Å². The van der Waals surface area contributed by atoms with Crippen molar-refractivity contribution in [3.05, 3.63) is 12.2 Å². The number of hydrogen-bond donors (Lipinski definition) is 0. The maximum absolute atomic E-state index is 13.1. The van der Waals surface area contributed by atoms with Gasteiger partial charge in [0.15, 0.2) is 6.40 Å². The van der Waals surface area contributed by atoms with Crippen molar-refractivity contribution >= 4 is 26.7 Å². The third kappa shape index (κ3) is 3.96. The molecule has 1 saturated heterocycles. The maximum atomic E-state index is 13.1. The minimum Gasteiger partial charge on any atom is -0.425 e. The lowest BCUT2D eigenvalue weighted by Crippen LogP contribution is -2.38. The molecule has 0 radical (unpaired) electrons. The van der Waals surface area contributed by atoms with Gasteiger partial charge in [0.25, 0.3) is 0 Å². The molecule has 3 unspecified atom stereocenters. The van der Waals surface area contributed by atoms with Crippen LogP contribution in [0, 0.1) is 22.7 Å². The van der Waals surface area contributed by atoms with E-state index in [0.717, 1.165) is 6.42 Å². The van der Waals surface area contributed by atoms with Crippen LogP contribution in [0.25, 0.3) is 0 Å². The summed E-state index contributed by atoms with van der Waals surface area (Å²) in [7, 11) is -1.38. The van der Waals surface area contributed by atoms with E-state index in [2.05, 4.69) is 63.4 Å². The number of carbonyl (C=O) groups is 2. The number of fused-ring (bicyclic) bond motifs is 5. The van der Waals surface area contributed by atoms with Gasteiger partial charge in [-0.15, -0.1) is 0 Å². The summed E-state index contributed by atoms with van der Waals surface area (Å²) < 4.78 is 14.1. The van der Waals surface area contributed by atoms with E-state index >= 15 is 0 Å². The summed E-state index contributed by atoms with van der Waals surface area (Å²) in [6.07, 6.45) is 6.61. The molecule has 7 nitrogen and oxygen atoms in total. The molecule has 0 aromatic heterocycles. The number of amides is 2. The van der Waals surface area contributed by atoms with E-state index in [4.69, 9.17) is 9.05 Å². The van der Waals surface area contributed by atoms with Crippen molar-refractivity contribution in [2.75, 3.05) is 19.7 Å². The monoisotopic (exact) mass is 437 g/mol. The number of nitrogens with zero attached hydrogens (tertiary/aromatic N) is 3. The Bertz CT molecular complexity index is 696. The van der Waals surface area contributed by atoms with Crippen molar-refractivity contribution in [1.82, 2.24) is 9.57 Å². The van der Waals surface area contributed by atoms with Gasteiger partial charge in [-0.25, -0.2) is 4.67 Å². The number of allylic oxidation sites excluding steroid dienone is 2. The molecule has 2 bridgehead atoms. The van der Waals surface area contributed by atoms with Gasteiger partial charge in [0.05, 0.1) is 25.0 Å². The molecule has 8 heteroatoms. The molecule has 2 aliphatic carbocycles. The van der Waals surface area contributed by atoms with Crippen molar-refractivity contribution in [2.24, 2.45) is 27.7 Å². The zero-order valence-corrected chi connectivity index (χ0v) is 20.2. The molecule has 5 atom stereocenters. The van der Waals surface area contributed by atoms with E-state index in [1.54, 1.807) is 0 Å². The molecule has 3 aliphatic rings. The number of carbonyl (C=O) groups excluding carboxylic acids is 2. The molecule has 2 fully saturated rings. The predicted octanol–water partition coefficient (Wildman–Crippen LogP) is 4.00. The van der Waals surface area contributed by atoms with Crippen LogP contribution in [0.4, 0.5) is 0 Å². The molecule has 30 heavy (non-hydrogen) atoms. The molecule has 0 aromatic carbocycles. The summed E-state index contributed by atoms with van der Waals surface area (Å²) in [5.41, 5.74) is -0.416. The fourth-order valence-electron chi connectivity index (χ4n) is 5.51. The minimum absolute atomic E-state index is 0.0495. The Morgan fingerprint density at radius 1 is 1.17 bits per heavy atom. The van der Waals surface area contributed by atoms with E-state index < -0.39 is 8.53 Å². The zero-order valence-electron chi connectivity index (χ0n) is 19.3. The van der Waals surface area contributed by atoms with Crippen molar-refractivity contribution in [2.45, 2.75) is 67.0 Å². The standard InChI is InChI=1S/C22H36N3O4P/c1-8-23-14-29-30(25(15(2)3)16(4)5)28-12-11-24-19(26)17-18(20(24)27)22(7)10-9-21(17,6)13-22/h9-10,14-18H,8,11-13H2,1-7H3/t17-,18+,21?,22?,30?. The summed E-state index contributed by atoms with van der Waals surface area (Å²) in [6.45, 7) is 15.7. The van der Waals surface area contributed by atoms with Crippen LogP contribution < -0.4 is 0 Å². The van der Waals surface area contributed by atoms with Crippen LogP contribution in [-0.4, -0.2) is 59.6 Å². The molecule has 1 saturated carbocycles. The molecule has 3 rings (SSSR count). The highest BCUT2D eigenvalue weighted by molar-refractivity contribution is 7.45. The highest BCUT2D eigenvalue weighted by atomic mass is 31.2. The van der Waals surface area contributed by atoms with Gasteiger partial charge in [-0.05, 0) is 51.9 Å². The Labute approximate surface area is 181 Å². The lowest BCUT2D eigenvalue weighted by molar-refractivity contribution is -0.142. The van der Waals surface area contributed by atoms with Crippen LogP contribution in [-0.2, 0) is 18.6 Å². The predicted molar refractivity (Wildman–Crippen MR) is 119 cm³/mol. The van der Waals surface area contributed by atoms with E-state index in [1.165, 1.54) is 11.3 Å². The van der Waals surface area contributed by atoms with Gasteiger partial charge in [-0.2, -0.15) is 0 Å². The second-order valence-corrected chi connectivity index (χ2v) is 11.1. The number of aliphatic imine (C=N–C) groups is 1.